The predicted octanol–water partition coefficient (Wildman–Crippen LogP) is 3.04. The van der Waals surface area contributed by atoms with E-state index in [1.165, 1.54) is 11.3 Å². The highest BCUT2D eigenvalue weighted by Gasteiger charge is 2.47. The van der Waals surface area contributed by atoms with E-state index in [1.807, 2.05) is 11.8 Å². The molecule has 1 aliphatic heterocycles. The number of hydrogen-bond donors (Lipinski definition) is 1. The number of rotatable bonds is 4. The molecule has 0 bridgehead atoms. The summed E-state index contributed by atoms with van der Waals surface area (Å²) in [5, 5.41) is 0. The van der Waals surface area contributed by atoms with Gasteiger partial charge in [-0.3, -0.25) is 0 Å². The molecule has 4 heteroatoms. The first-order valence-electron chi connectivity index (χ1n) is 7.42. The Morgan fingerprint density at radius 2 is 1.85 bits per heavy atom. The molecule has 1 aliphatic carbocycles. The summed E-state index contributed by atoms with van der Waals surface area (Å²) in [6.45, 7) is 2.17. The van der Waals surface area contributed by atoms with Crippen LogP contribution in [-0.4, -0.2) is 31.3 Å². The highest BCUT2D eigenvalue weighted by atomic mass is 32.2. The van der Waals surface area contributed by atoms with Gasteiger partial charge >= 0.3 is 0 Å². The monoisotopic (exact) mass is 293 g/mol. The zero-order chi connectivity index (χ0) is 13.9. The fourth-order valence-electron chi connectivity index (χ4n) is 3.33. The number of benzene rings is 1. The first-order chi connectivity index (χ1) is 9.76. The minimum absolute atomic E-state index is 0.142. The maximum absolute atomic E-state index is 6.13. The molecule has 3 rings (SSSR count). The van der Waals surface area contributed by atoms with E-state index in [4.69, 9.17) is 15.2 Å². The molecule has 1 saturated carbocycles. The van der Waals surface area contributed by atoms with Crippen LogP contribution in [0.25, 0.3) is 0 Å². The molecule has 110 valence electrons. The Balaban J connectivity index is 1.67. The molecule has 0 aromatic heterocycles. The average molecular weight is 293 g/mol. The third-order valence-corrected chi connectivity index (χ3v) is 5.81. The predicted molar refractivity (Wildman–Crippen MR) is 81.8 cm³/mol. The Bertz CT molecular complexity index is 433. The van der Waals surface area contributed by atoms with Gasteiger partial charge in [-0.1, -0.05) is 18.2 Å². The fourth-order valence-corrected chi connectivity index (χ4v) is 4.52. The van der Waals surface area contributed by atoms with Crippen LogP contribution in [0.1, 0.15) is 25.7 Å². The van der Waals surface area contributed by atoms with E-state index in [2.05, 4.69) is 30.3 Å². The highest BCUT2D eigenvalue weighted by Crippen LogP contribution is 2.47. The molecule has 20 heavy (non-hydrogen) atoms. The van der Waals surface area contributed by atoms with Crippen LogP contribution < -0.4 is 5.73 Å². The maximum atomic E-state index is 6.13. The summed E-state index contributed by atoms with van der Waals surface area (Å²) in [5.74, 6) is 0.705. The van der Waals surface area contributed by atoms with E-state index in [0.29, 0.717) is 6.54 Å². The van der Waals surface area contributed by atoms with Gasteiger partial charge in [0.05, 0.1) is 13.2 Å². The number of hydrogen-bond acceptors (Lipinski definition) is 4. The van der Waals surface area contributed by atoms with Crippen molar-refractivity contribution < 1.29 is 9.47 Å². The highest BCUT2D eigenvalue weighted by molar-refractivity contribution is 7.99. The quantitative estimate of drug-likeness (QED) is 0.867. The Hall–Kier alpha value is -0.550. The van der Waals surface area contributed by atoms with E-state index in [0.717, 1.165) is 38.2 Å². The van der Waals surface area contributed by atoms with Crippen LogP contribution in [0.3, 0.4) is 0 Å². The lowest BCUT2D eigenvalue weighted by molar-refractivity contribution is -0.198. The first kappa shape index (κ1) is 14.4. The molecule has 3 nitrogen and oxygen atoms in total. The lowest BCUT2D eigenvalue weighted by atomic mass is 9.72. The normalized spacial score (nSPS) is 28.9. The second-order valence-electron chi connectivity index (χ2n) is 5.94. The molecular weight excluding hydrogens is 270 g/mol. The van der Waals surface area contributed by atoms with Crippen molar-refractivity contribution in [3.63, 3.8) is 0 Å². The van der Waals surface area contributed by atoms with Gasteiger partial charge in [-0.25, -0.2) is 0 Å². The molecule has 1 atom stereocenters. The summed E-state index contributed by atoms with van der Waals surface area (Å²) in [6, 6.07) is 10.6. The summed E-state index contributed by atoms with van der Waals surface area (Å²) in [7, 11) is 0. The Morgan fingerprint density at radius 3 is 2.55 bits per heavy atom. The van der Waals surface area contributed by atoms with E-state index in [9.17, 15) is 0 Å². The third-order valence-electron chi connectivity index (χ3n) is 4.44. The molecule has 1 heterocycles. The lowest BCUT2D eigenvalue weighted by Crippen LogP contribution is -2.47. The van der Waals surface area contributed by atoms with E-state index in [1.54, 1.807) is 0 Å². The number of ether oxygens (including phenoxy) is 2. The van der Waals surface area contributed by atoms with E-state index < -0.39 is 0 Å². The minimum atomic E-state index is -0.338. The van der Waals surface area contributed by atoms with Crippen molar-refractivity contribution in [2.24, 2.45) is 11.1 Å². The molecule has 1 aromatic carbocycles. The van der Waals surface area contributed by atoms with Gasteiger partial charge in [0.15, 0.2) is 5.79 Å². The van der Waals surface area contributed by atoms with Crippen molar-refractivity contribution in [1.82, 2.24) is 0 Å². The molecule has 1 aromatic rings. The van der Waals surface area contributed by atoms with Crippen molar-refractivity contribution in [3.8, 4) is 0 Å². The summed E-state index contributed by atoms with van der Waals surface area (Å²) in [5.41, 5.74) is 6.27. The topological polar surface area (TPSA) is 44.5 Å². The summed E-state index contributed by atoms with van der Waals surface area (Å²) < 4.78 is 11.8. The molecule has 0 unspecified atom stereocenters. The van der Waals surface area contributed by atoms with Crippen LogP contribution in [0.5, 0.6) is 0 Å². The van der Waals surface area contributed by atoms with Crippen LogP contribution >= 0.6 is 11.8 Å². The second kappa shape index (κ2) is 6.06. The molecule has 2 aliphatic rings. The molecule has 1 spiro atoms. The van der Waals surface area contributed by atoms with Crippen LogP contribution in [0, 0.1) is 5.41 Å². The van der Waals surface area contributed by atoms with Crippen molar-refractivity contribution in [3.05, 3.63) is 30.3 Å². The average Bonchev–Trinajstić information content (AvgIpc) is 2.94. The van der Waals surface area contributed by atoms with Crippen LogP contribution in [0.15, 0.2) is 35.2 Å². The summed E-state index contributed by atoms with van der Waals surface area (Å²) >= 11 is 1.90. The van der Waals surface area contributed by atoms with Crippen molar-refractivity contribution in [2.75, 3.05) is 25.5 Å². The Labute approximate surface area is 125 Å². The van der Waals surface area contributed by atoms with Crippen LogP contribution in [-0.2, 0) is 9.47 Å². The third kappa shape index (κ3) is 3.03. The van der Waals surface area contributed by atoms with Gasteiger partial charge in [0.25, 0.3) is 0 Å². The Morgan fingerprint density at radius 1 is 1.10 bits per heavy atom. The number of thioether (sulfide) groups is 1. The SMILES string of the molecule is NC[C@]1(CSc2ccccc2)CCCC2(C1)OCCO2. The zero-order valence-corrected chi connectivity index (χ0v) is 12.7. The standard InChI is InChI=1S/C16H23NO2S/c17-12-15(13-20-14-5-2-1-3-6-14)7-4-8-16(11-15)18-9-10-19-16/h1-3,5-6H,4,7-13,17H2/t15-/m0/s1. The molecule has 2 fully saturated rings. The van der Waals surface area contributed by atoms with Gasteiger partial charge in [0, 0.05) is 23.5 Å². The largest absolute Gasteiger partial charge is 0.348 e. The Kier molecular flexibility index (Phi) is 4.36. The van der Waals surface area contributed by atoms with Crippen LogP contribution in [0.4, 0.5) is 0 Å². The van der Waals surface area contributed by atoms with Crippen molar-refractivity contribution in [2.45, 2.75) is 36.4 Å². The van der Waals surface area contributed by atoms with Gasteiger partial charge in [-0.05, 0) is 36.9 Å². The molecule has 0 radical (unpaired) electrons. The minimum Gasteiger partial charge on any atom is -0.348 e. The zero-order valence-electron chi connectivity index (χ0n) is 11.8. The molecule has 0 amide bonds. The lowest BCUT2D eigenvalue weighted by Gasteiger charge is -2.44. The maximum Gasteiger partial charge on any atom is 0.169 e. The molecule has 1 saturated heterocycles. The van der Waals surface area contributed by atoms with E-state index in [-0.39, 0.29) is 11.2 Å². The van der Waals surface area contributed by atoms with E-state index >= 15 is 0 Å². The van der Waals surface area contributed by atoms with Gasteiger partial charge in [-0.2, -0.15) is 0 Å². The smallest absolute Gasteiger partial charge is 0.169 e. The van der Waals surface area contributed by atoms with Gasteiger partial charge in [0.1, 0.15) is 0 Å². The fraction of sp³-hybridized carbons (Fsp3) is 0.625. The van der Waals surface area contributed by atoms with Crippen molar-refractivity contribution in [1.29, 1.82) is 0 Å². The van der Waals surface area contributed by atoms with Crippen LogP contribution in [0.2, 0.25) is 0 Å². The van der Waals surface area contributed by atoms with Gasteiger partial charge in [-0.15, -0.1) is 11.8 Å². The summed E-state index contributed by atoms with van der Waals surface area (Å²) in [4.78, 5) is 1.31. The molecule has 2 N–H and O–H groups in total. The molecular formula is C16H23NO2S. The number of nitrogens with two attached hydrogens (primary N) is 1. The van der Waals surface area contributed by atoms with Gasteiger partial charge in [0.2, 0.25) is 0 Å². The van der Waals surface area contributed by atoms with Crippen molar-refractivity contribution >= 4 is 11.8 Å². The summed E-state index contributed by atoms with van der Waals surface area (Å²) in [6.07, 6.45) is 4.28. The first-order valence-corrected chi connectivity index (χ1v) is 8.40. The van der Waals surface area contributed by atoms with Gasteiger partial charge < -0.3 is 15.2 Å². The second-order valence-corrected chi connectivity index (χ2v) is 6.99.